The van der Waals surface area contributed by atoms with E-state index in [1.807, 2.05) is 0 Å². The SMILES string of the molecule is COc1ccc(S(=O)(=O)Nc2ccc(Br)cc2)cc1C(=O)N1CCCCC1. The number of likely N-dealkylation sites (tertiary alicyclic amines) is 1. The molecule has 0 unspecified atom stereocenters. The largest absolute Gasteiger partial charge is 0.496 e. The van der Waals surface area contributed by atoms with Crippen molar-refractivity contribution >= 4 is 37.5 Å². The van der Waals surface area contributed by atoms with Crippen LogP contribution < -0.4 is 9.46 Å². The molecule has 1 aliphatic rings. The second-order valence-electron chi connectivity index (χ2n) is 6.33. The summed E-state index contributed by atoms with van der Waals surface area (Å²) in [6, 6.07) is 11.2. The Balaban J connectivity index is 1.91. The van der Waals surface area contributed by atoms with E-state index < -0.39 is 10.0 Å². The molecule has 144 valence electrons. The van der Waals surface area contributed by atoms with Crippen molar-refractivity contribution in [2.24, 2.45) is 0 Å². The topological polar surface area (TPSA) is 75.7 Å². The summed E-state index contributed by atoms with van der Waals surface area (Å²) in [5.74, 6) is 0.167. The zero-order valence-electron chi connectivity index (χ0n) is 14.9. The summed E-state index contributed by atoms with van der Waals surface area (Å²) >= 11 is 3.32. The minimum absolute atomic E-state index is 0.0200. The molecule has 0 bridgehead atoms. The Kier molecular flexibility index (Phi) is 6.06. The number of hydrogen-bond acceptors (Lipinski definition) is 4. The second-order valence-corrected chi connectivity index (χ2v) is 8.93. The van der Waals surface area contributed by atoms with Crippen LogP contribution in [0.25, 0.3) is 0 Å². The molecule has 0 aliphatic carbocycles. The number of benzene rings is 2. The van der Waals surface area contributed by atoms with Gasteiger partial charge in [0.05, 0.1) is 17.6 Å². The maximum atomic E-state index is 12.9. The normalized spacial score (nSPS) is 14.7. The van der Waals surface area contributed by atoms with Crippen molar-refractivity contribution in [2.75, 3.05) is 24.9 Å². The minimum atomic E-state index is -3.83. The third-order valence-electron chi connectivity index (χ3n) is 4.45. The fourth-order valence-electron chi connectivity index (χ4n) is 3.02. The lowest BCUT2D eigenvalue weighted by Crippen LogP contribution is -2.35. The first kappa shape index (κ1) is 19.7. The Morgan fingerprint density at radius 1 is 1.07 bits per heavy atom. The molecule has 0 radical (unpaired) electrons. The molecule has 0 atom stereocenters. The Morgan fingerprint density at radius 2 is 1.74 bits per heavy atom. The summed E-state index contributed by atoms with van der Waals surface area (Å²) in [6.07, 6.45) is 3.01. The van der Waals surface area contributed by atoms with E-state index >= 15 is 0 Å². The van der Waals surface area contributed by atoms with Gasteiger partial charge in [0, 0.05) is 23.2 Å². The van der Waals surface area contributed by atoms with Crippen LogP contribution >= 0.6 is 15.9 Å². The molecule has 1 N–H and O–H groups in total. The number of nitrogens with zero attached hydrogens (tertiary/aromatic N) is 1. The Bertz CT molecular complexity index is 923. The van der Waals surface area contributed by atoms with Crippen LogP contribution in [0.5, 0.6) is 5.75 Å². The first-order valence-electron chi connectivity index (χ1n) is 8.66. The third kappa shape index (κ3) is 4.62. The molecular formula is C19H21BrN2O4S. The summed E-state index contributed by atoms with van der Waals surface area (Å²) in [6.45, 7) is 1.35. The quantitative estimate of drug-likeness (QED) is 0.746. The molecule has 0 spiro atoms. The number of rotatable bonds is 5. The van der Waals surface area contributed by atoms with E-state index in [0.717, 1.165) is 23.7 Å². The lowest BCUT2D eigenvalue weighted by molar-refractivity contribution is 0.0720. The number of methoxy groups -OCH3 is 1. The summed E-state index contributed by atoms with van der Waals surface area (Å²) in [5.41, 5.74) is 0.705. The van der Waals surface area contributed by atoms with Gasteiger partial charge in [-0.15, -0.1) is 0 Å². The van der Waals surface area contributed by atoms with Crippen molar-refractivity contribution in [1.29, 1.82) is 0 Å². The highest BCUT2D eigenvalue weighted by Gasteiger charge is 2.24. The molecule has 0 aromatic heterocycles. The number of nitrogens with one attached hydrogen (secondary N) is 1. The molecule has 27 heavy (non-hydrogen) atoms. The van der Waals surface area contributed by atoms with Crippen LogP contribution in [0.15, 0.2) is 51.8 Å². The molecular weight excluding hydrogens is 432 g/mol. The number of anilines is 1. The van der Waals surface area contributed by atoms with Gasteiger partial charge < -0.3 is 9.64 Å². The van der Waals surface area contributed by atoms with E-state index in [1.54, 1.807) is 29.2 Å². The van der Waals surface area contributed by atoms with Crippen LogP contribution in [0.2, 0.25) is 0 Å². The van der Waals surface area contributed by atoms with E-state index in [2.05, 4.69) is 20.7 Å². The number of hydrogen-bond donors (Lipinski definition) is 1. The van der Waals surface area contributed by atoms with E-state index in [0.29, 0.717) is 24.5 Å². The molecule has 1 fully saturated rings. The highest BCUT2D eigenvalue weighted by molar-refractivity contribution is 9.10. The maximum absolute atomic E-state index is 12.9. The molecule has 6 nitrogen and oxygen atoms in total. The van der Waals surface area contributed by atoms with Gasteiger partial charge in [0.1, 0.15) is 5.75 Å². The lowest BCUT2D eigenvalue weighted by atomic mass is 10.1. The van der Waals surface area contributed by atoms with E-state index in [9.17, 15) is 13.2 Å². The number of ether oxygens (including phenoxy) is 1. The minimum Gasteiger partial charge on any atom is -0.496 e. The fraction of sp³-hybridized carbons (Fsp3) is 0.316. The molecule has 1 amide bonds. The predicted molar refractivity (Wildman–Crippen MR) is 108 cm³/mol. The molecule has 3 rings (SSSR count). The van der Waals surface area contributed by atoms with Gasteiger partial charge in [-0.2, -0.15) is 0 Å². The van der Waals surface area contributed by atoms with E-state index in [-0.39, 0.29) is 16.4 Å². The highest BCUT2D eigenvalue weighted by Crippen LogP contribution is 2.26. The van der Waals surface area contributed by atoms with Gasteiger partial charge >= 0.3 is 0 Å². The van der Waals surface area contributed by atoms with Crippen LogP contribution in [0.4, 0.5) is 5.69 Å². The Hall–Kier alpha value is -2.06. The molecule has 1 aliphatic heterocycles. The molecule has 0 saturated carbocycles. The molecule has 2 aromatic carbocycles. The van der Waals surface area contributed by atoms with Crippen LogP contribution in [0.1, 0.15) is 29.6 Å². The summed E-state index contributed by atoms with van der Waals surface area (Å²) in [4.78, 5) is 14.6. The van der Waals surface area contributed by atoms with Gasteiger partial charge in [-0.1, -0.05) is 15.9 Å². The van der Waals surface area contributed by atoms with Crippen molar-refractivity contribution in [3.63, 3.8) is 0 Å². The monoisotopic (exact) mass is 452 g/mol. The first-order chi connectivity index (χ1) is 12.9. The highest BCUT2D eigenvalue weighted by atomic mass is 79.9. The van der Waals surface area contributed by atoms with E-state index in [1.165, 1.54) is 25.3 Å². The number of carbonyl (C=O) groups excluding carboxylic acids is 1. The van der Waals surface area contributed by atoms with Crippen molar-refractivity contribution in [3.8, 4) is 5.75 Å². The number of halogens is 1. The van der Waals surface area contributed by atoms with Crippen LogP contribution in [0.3, 0.4) is 0 Å². The summed E-state index contributed by atoms with van der Waals surface area (Å²) in [5, 5.41) is 0. The van der Waals surface area contributed by atoms with Crippen LogP contribution in [-0.2, 0) is 10.0 Å². The zero-order valence-corrected chi connectivity index (χ0v) is 17.3. The Morgan fingerprint density at radius 3 is 2.37 bits per heavy atom. The second kappa shape index (κ2) is 8.31. The lowest BCUT2D eigenvalue weighted by Gasteiger charge is -2.27. The summed E-state index contributed by atoms with van der Waals surface area (Å²) < 4.78 is 34.2. The van der Waals surface area contributed by atoms with Gasteiger partial charge in [-0.05, 0) is 61.7 Å². The van der Waals surface area contributed by atoms with Crippen molar-refractivity contribution in [3.05, 3.63) is 52.5 Å². The zero-order chi connectivity index (χ0) is 19.4. The smallest absolute Gasteiger partial charge is 0.261 e. The molecule has 2 aromatic rings. The molecule has 8 heteroatoms. The average Bonchev–Trinajstić information content (AvgIpc) is 2.69. The van der Waals surface area contributed by atoms with Gasteiger partial charge in [-0.25, -0.2) is 8.42 Å². The number of piperidine rings is 1. The number of carbonyl (C=O) groups is 1. The third-order valence-corrected chi connectivity index (χ3v) is 6.36. The standard InChI is InChI=1S/C19H21BrN2O4S/c1-26-18-10-9-16(13-17(18)19(23)22-11-3-2-4-12-22)27(24,25)21-15-7-5-14(20)6-8-15/h5-10,13,21H,2-4,11-12H2,1H3. The van der Waals surface area contributed by atoms with Crippen molar-refractivity contribution in [2.45, 2.75) is 24.2 Å². The molecule has 1 saturated heterocycles. The van der Waals surface area contributed by atoms with Gasteiger partial charge in [-0.3, -0.25) is 9.52 Å². The Labute approximate surface area is 167 Å². The predicted octanol–water partition coefficient (Wildman–Crippen LogP) is 3.88. The number of sulfonamides is 1. The first-order valence-corrected chi connectivity index (χ1v) is 10.9. The van der Waals surface area contributed by atoms with Crippen molar-refractivity contribution in [1.82, 2.24) is 4.90 Å². The van der Waals surface area contributed by atoms with Gasteiger partial charge in [0.25, 0.3) is 15.9 Å². The average molecular weight is 453 g/mol. The van der Waals surface area contributed by atoms with Crippen molar-refractivity contribution < 1.29 is 17.9 Å². The van der Waals surface area contributed by atoms with Gasteiger partial charge in [0.15, 0.2) is 0 Å². The van der Waals surface area contributed by atoms with Crippen LogP contribution in [-0.4, -0.2) is 39.4 Å². The summed E-state index contributed by atoms with van der Waals surface area (Å²) in [7, 11) is -2.36. The maximum Gasteiger partial charge on any atom is 0.261 e. The molecule has 1 heterocycles. The van der Waals surface area contributed by atoms with Gasteiger partial charge in [0.2, 0.25) is 0 Å². The number of amides is 1. The van der Waals surface area contributed by atoms with E-state index in [4.69, 9.17) is 4.74 Å². The van der Waals surface area contributed by atoms with Crippen LogP contribution in [0, 0.1) is 0 Å². The fourth-order valence-corrected chi connectivity index (χ4v) is 4.37.